The molecule has 0 bridgehead atoms. The molecule has 2 nitrogen and oxygen atoms in total. The van der Waals surface area contributed by atoms with Gasteiger partial charge in [-0.1, -0.05) is 29.8 Å². The summed E-state index contributed by atoms with van der Waals surface area (Å²) in [5.41, 5.74) is 2.14. The van der Waals surface area contributed by atoms with Crippen LogP contribution in [-0.2, 0) is 4.74 Å². The second-order valence-corrected chi connectivity index (χ2v) is 2.94. The van der Waals surface area contributed by atoms with Crippen LogP contribution in [0.15, 0.2) is 30.3 Å². The smallest absolute Gasteiger partial charge is 0.136 e. The largest absolute Gasteiger partial charge is 0.493 e. The predicted molar refractivity (Wildman–Crippen MR) is 56.4 cm³/mol. The molecular formula is C12H13NO. The van der Waals surface area contributed by atoms with Gasteiger partial charge in [-0.3, -0.25) is 0 Å². The van der Waals surface area contributed by atoms with E-state index in [4.69, 9.17) is 10.00 Å². The van der Waals surface area contributed by atoms with E-state index in [1.165, 1.54) is 11.6 Å². The second kappa shape index (κ2) is 5.08. The molecule has 2 heteroatoms. The Balaban J connectivity index is 2.95. The monoisotopic (exact) mass is 187 g/mol. The highest BCUT2D eigenvalue weighted by Gasteiger charge is 2.00. The Morgan fingerprint density at radius 2 is 2.07 bits per heavy atom. The van der Waals surface area contributed by atoms with Gasteiger partial charge in [0.05, 0.1) is 18.8 Å². The molecule has 1 aromatic carbocycles. The van der Waals surface area contributed by atoms with Gasteiger partial charge in [-0.2, -0.15) is 5.26 Å². The molecular weight excluding hydrogens is 174 g/mol. The first-order valence-electron chi connectivity index (χ1n) is 4.57. The number of hydrogen-bond acceptors (Lipinski definition) is 2. The van der Waals surface area contributed by atoms with Crippen LogP contribution in [0.4, 0.5) is 0 Å². The second-order valence-electron chi connectivity index (χ2n) is 2.94. The lowest BCUT2D eigenvalue weighted by molar-refractivity contribution is 0.298. The van der Waals surface area contributed by atoms with Gasteiger partial charge in [0.25, 0.3) is 0 Å². The normalized spacial score (nSPS) is 10.8. The number of ether oxygens (including phenoxy) is 1. The molecule has 0 saturated heterocycles. The van der Waals surface area contributed by atoms with E-state index in [9.17, 15) is 0 Å². The van der Waals surface area contributed by atoms with Crippen LogP contribution in [0.3, 0.4) is 0 Å². The topological polar surface area (TPSA) is 33.0 Å². The summed E-state index contributed by atoms with van der Waals surface area (Å²) < 4.78 is 5.35. The van der Waals surface area contributed by atoms with Crippen molar-refractivity contribution in [3.63, 3.8) is 0 Å². The Bertz CT molecular complexity index is 357. The minimum absolute atomic E-state index is 0.571. The van der Waals surface area contributed by atoms with Gasteiger partial charge < -0.3 is 4.74 Å². The van der Waals surface area contributed by atoms with Crippen LogP contribution in [0.25, 0.3) is 5.76 Å². The predicted octanol–water partition coefficient (Wildman–Crippen LogP) is 2.90. The van der Waals surface area contributed by atoms with Crippen LogP contribution in [-0.4, -0.2) is 6.61 Å². The first-order chi connectivity index (χ1) is 6.77. The number of nitrogens with zero attached hydrogens (tertiary/aromatic N) is 1. The van der Waals surface area contributed by atoms with Gasteiger partial charge in [0.2, 0.25) is 0 Å². The number of allylic oxidation sites excluding steroid dienone is 1. The Morgan fingerprint density at radius 1 is 1.43 bits per heavy atom. The van der Waals surface area contributed by atoms with Crippen LogP contribution < -0.4 is 0 Å². The van der Waals surface area contributed by atoms with E-state index in [-0.39, 0.29) is 0 Å². The Labute approximate surface area is 84.4 Å². The summed E-state index contributed by atoms with van der Waals surface area (Å²) in [6, 6.07) is 9.88. The van der Waals surface area contributed by atoms with Gasteiger partial charge in [0.15, 0.2) is 0 Å². The average Bonchev–Trinajstić information content (AvgIpc) is 2.19. The zero-order chi connectivity index (χ0) is 10.4. The molecule has 0 aliphatic heterocycles. The molecule has 0 aliphatic rings. The van der Waals surface area contributed by atoms with Crippen molar-refractivity contribution in [2.45, 2.75) is 13.8 Å². The van der Waals surface area contributed by atoms with Crippen LogP contribution in [0.1, 0.15) is 18.1 Å². The van der Waals surface area contributed by atoms with Crippen molar-refractivity contribution in [3.05, 3.63) is 41.5 Å². The summed E-state index contributed by atoms with van der Waals surface area (Å²) in [7, 11) is 0. The van der Waals surface area contributed by atoms with Gasteiger partial charge >= 0.3 is 0 Å². The molecule has 0 radical (unpaired) electrons. The summed E-state index contributed by atoms with van der Waals surface area (Å²) in [4.78, 5) is 0. The van der Waals surface area contributed by atoms with Crippen LogP contribution in [0, 0.1) is 18.3 Å². The molecule has 0 saturated carbocycles. The van der Waals surface area contributed by atoms with Crippen LogP contribution in [0.5, 0.6) is 0 Å². The zero-order valence-electron chi connectivity index (χ0n) is 8.45. The highest BCUT2D eigenvalue weighted by atomic mass is 16.5. The lowest BCUT2D eigenvalue weighted by Gasteiger charge is -2.07. The molecule has 72 valence electrons. The lowest BCUT2D eigenvalue weighted by atomic mass is 10.1. The van der Waals surface area contributed by atoms with Crippen LogP contribution in [0.2, 0.25) is 0 Å². The van der Waals surface area contributed by atoms with Crippen molar-refractivity contribution >= 4 is 5.76 Å². The van der Waals surface area contributed by atoms with Crippen LogP contribution >= 0.6 is 0 Å². The van der Waals surface area contributed by atoms with Gasteiger partial charge in [-0.25, -0.2) is 0 Å². The molecule has 1 rings (SSSR count). The summed E-state index contributed by atoms with van der Waals surface area (Å²) in [6.07, 6.45) is 1.42. The van der Waals surface area contributed by atoms with E-state index in [1.54, 1.807) is 0 Å². The Morgan fingerprint density at radius 3 is 2.57 bits per heavy atom. The first-order valence-corrected chi connectivity index (χ1v) is 4.57. The Hall–Kier alpha value is -1.75. The Kier molecular flexibility index (Phi) is 3.75. The maximum atomic E-state index is 8.57. The van der Waals surface area contributed by atoms with Crippen molar-refractivity contribution in [1.29, 1.82) is 5.26 Å². The molecule has 0 atom stereocenters. The fourth-order valence-electron chi connectivity index (χ4n) is 1.14. The highest BCUT2D eigenvalue weighted by Crippen LogP contribution is 2.15. The first kappa shape index (κ1) is 10.3. The summed E-state index contributed by atoms with van der Waals surface area (Å²) >= 11 is 0. The van der Waals surface area contributed by atoms with Gasteiger partial charge in [-0.05, 0) is 13.8 Å². The molecule has 0 amide bonds. The number of nitriles is 1. The van der Waals surface area contributed by atoms with Gasteiger partial charge in [0, 0.05) is 5.56 Å². The highest BCUT2D eigenvalue weighted by molar-refractivity contribution is 5.62. The molecule has 0 heterocycles. The van der Waals surface area contributed by atoms with Crippen molar-refractivity contribution in [3.8, 4) is 6.07 Å². The molecule has 0 aliphatic carbocycles. The maximum Gasteiger partial charge on any atom is 0.136 e. The van der Waals surface area contributed by atoms with Gasteiger partial charge in [-0.15, -0.1) is 0 Å². The lowest BCUT2D eigenvalue weighted by Crippen LogP contribution is -1.91. The number of benzene rings is 1. The minimum atomic E-state index is 0.571. The molecule has 0 N–H and O–H groups in total. The summed E-state index contributed by atoms with van der Waals surface area (Å²) in [5, 5.41) is 8.57. The number of aryl methyl sites for hydroxylation is 1. The SMILES string of the molecule is CCO/C(=C\C#N)c1ccc(C)cc1. The minimum Gasteiger partial charge on any atom is -0.493 e. The number of hydrogen-bond donors (Lipinski definition) is 0. The maximum absolute atomic E-state index is 8.57. The van der Waals surface area contributed by atoms with E-state index in [2.05, 4.69) is 0 Å². The summed E-state index contributed by atoms with van der Waals surface area (Å²) in [6.45, 7) is 4.50. The standard InChI is InChI=1S/C12H13NO/c1-3-14-12(8-9-13)11-6-4-10(2)5-7-11/h4-8H,3H2,1-2H3/b12-8-. The zero-order valence-corrected chi connectivity index (χ0v) is 8.45. The molecule has 0 unspecified atom stereocenters. The third kappa shape index (κ3) is 2.63. The third-order valence-electron chi connectivity index (χ3n) is 1.83. The third-order valence-corrected chi connectivity index (χ3v) is 1.83. The number of rotatable bonds is 3. The van der Waals surface area contributed by atoms with Crippen molar-refractivity contribution in [2.75, 3.05) is 6.61 Å². The molecule has 1 aromatic rings. The quantitative estimate of drug-likeness (QED) is 0.538. The van der Waals surface area contributed by atoms with Crippen molar-refractivity contribution < 1.29 is 4.74 Å². The fraction of sp³-hybridized carbons (Fsp3) is 0.250. The van der Waals surface area contributed by atoms with E-state index in [0.29, 0.717) is 12.4 Å². The molecule has 14 heavy (non-hydrogen) atoms. The van der Waals surface area contributed by atoms with E-state index >= 15 is 0 Å². The van der Waals surface area contributed by atoms with Crippen molar-refractivity contribution in [1.82, 2.24) is 0 Å². The molecule has 0 spiro atoms. The van der Waals surface area contributed by atoms with Gasteiger partial charge in [0.1, 0.15) is 5.76 Å². The van der Waals surface area contributed by atoms with E-state index in [0.717, 1.165) is 5.56 Å². The van der Waals surface area contributed by atoms with Crippen molar-refractivity contribution in [2.24, 2.45) is 0 Å². The average molecular weight is 187 g/mol. The molecule has 0 fully saturated rings. The van der Waals surface area contributed by atoms with E-state index in [1.807, 2.05) is 44.2 Å². The van der Waals surface area contributed by atoms with E-state index < -0.39 is 0 Å². The summed E-state index contributed by atoms with van der Waals surface area (Å²) in [5.74, 6) is 0.634. The fourth-order valence-corrected chi connectivity index (χ4v) is 1.14. The molecule has 0 aromatic heterocycles.